The summed E-state index contributed by atoms with van der Waals surface area (Å²) in [5.41, 5.74) is 0.920. The zero-order valence-electron chi connectivity index (χ0n) is 39.6. The van der Waals surface area contributed by atoms with Gasteiger partial charge in [-0.1, -0.05) is 85.2 Å². The van der Waals surface area contributed by atoms with Crippen molar-refractivity contribution in [2.24, 2.45) is 23.7 Å². The summed E-state index contributed by atoms with van der Waals surface area (Å²) in [5, 5.41) is 9.06. The normalized spacial score (nSPS) is 18.5. The van der Waals surface area contributed by atoms with E-state index in [0.29, 0.717) is 32.5 Å². The molecule has 5 amide bonds. The van der Waals surface area contributed by atoms with Crippen LogP contribution >= 0.6 is 0 Å². The summed E-state index contributed by atoms with van der Waals surface area (Å²) in [4.78, 5) is 77.4. The second-order valence-electron chi connectivity index (χ2n) is 18.1. The van der Waals surface area contributed by atoms with E-state index in [0.717, 1.165) is 18.4 Å². The number of rotatable bonds is 25. The molecule has 0 aromatic heterocycles. The lowest BCUT2D eigenvalue weighted by Gasteiger charge is -2.41. The molecule has 0 aliphatic carbocycles. The Labute approximate surface area is 362 Å². The Morgan fingerprint density at radius 2 is 1.47 bits per heavy atom. The third-order valence-electron chi connectivity index (χ3n) is 12.4. The van der Waals surface area contributed by atoms with Crippen LogP contribution in [0.25, 0.3) is 0 Å². The van der Waals surface area contributed by atoms with Crippen molar-refractivity contribution in [2.75, 3.05) is 62.0 Å². The molecule has 14 nitrogen and oxygen atoms in total. The second-order valence-corrected chi connectivity index (χ2v) is 18.1. The summed E-state index contributed by atoms with van der Waals surface area (Å²) in [7, 11) is 10.6. The van der Waals surface area contributed by atoms with Crippen LogP contribution in [0.1, 0.15) is 93.6 Å². The van der Waals surface area contributed by atoms with Crippen LogP contribution in [0.3, 0.4) is 0 Å². The van der Waals surface area contributed by atoms with E-state index >= 15 is 0 Å². The molecule has 342 valence electrons. The molecule has 1 aromatic rings. The molecule has 9 atom stereocenters. The summed E-state index contributed by atoms with van der Waals surface area (Å²) >= 11 is 0. The molecule has 1 heterocycles. The van der Waals surface area contributed by atoms with Crippen molar-refractivity contribution in [3.05, 3.63) is 35.9 Å². The molecular weight excluding hydrogens is 763 g/mol. The van der Waals surface area contributed by atoms with Gasteiger partial charge in [-0.15, -0.1) is 0 Å². The zero-order valence-corrected chi connectivity index (χ0v) is 39.6. The van der Waals surface area contributed by atoms with Gasteiger partial charge in [-0.05, 0) is 71.1 Å². The molecule has 1 unspecified atom stereocenters. The quantitative estimate of drug-likeness (QED) is 0.134. The Morgan fingerprint density at radius 1 is 0.833 bits per heavy atom. The maximum absolute atomic E-state index is 14.4. The Bertz CT molecular complexity index is 1490. The third-order valence-corrected chi connectivity index (χ3v) is 12.4. The number of hydrogen-bond acceptors (Lipinski definition) is 9. The molecular formula is C46H81N7O7. The lowest BCUT2D eigenvalue weighted by atomic mass is 9.89. The van der Waals surface area contributed by atoms with Crippen LogP contribution in [0.15, 0.2) is 30.3 Å². The Kier molecular flexibility index (Phi) is 22.2. The minimum absolute atomic E-state index is 0.0101. The van der Waals surface area contributed by atoms with Gasteiger partial charge < -0.3 is 40.1 Å². The number of likely N-dealkylation sites (tertiary alicyclic amines) is 1. The molecule has 0 bridgehead atoms. The van der Waals surface area contributed by atoms with Crippen LogP contribution < -0.4 is 16.0 Å². The fraction of sp³-hybridized carbons (Fsp3) is 0.761. The number of amides is 5. The van der Waals surface area contributed by atoms with Gasteiger partial charge in [0.2, 0.25) is 29.5 Å². The number of nitrogens with zero attached hydrogens (tertiary/aromatic N) is 4. The summed E-state index contributed by atoms with van der Waals surface area (Å²) in [6.07, 6.45) is 1.16. The van der Waals surface area contributed by atoms with E-state index in [-0.39, 0.29) is 65.8 Å². The average molecular weight is 844 g/mol. The lowest BCUT2D eigenvalue weighted by Crippen LogP contribution is -2.60. The molecule has 1 fully saturated rings. The van der Waals surface area contributed by atoms with Gasteiger partial charge in [-0.3, -0.25) is 28.9 Å². The number of benzene rings is 1. The molecule has 0 spiro atoms. The van der Waals surface area contributed by atoms with Gasteiger partial charge in [0.1, 0.15) is 12.1 Å². The largest absolute Gasteiger partial charge is 0.379 e. The number of carbonyl (C=O) groups is 5. The monoisotopic (exact) mass is 844 g/mol. The van der Waals surface area contributed by atoms with E-state index in [4.69, 9.17) is 9.47 Å². The average Bonchev–Trinajstić information content (AvgIpc) is 3.68. The molecule has 14 heteroatoms. The minimum atomic E-state index is -0.801. The summed E-state index contributed by atoms with van der Waals surface area (Å²) < 4.78 is 12.1. The van der Waals surface area contributed by atoms with E-state index in [2.05, 4.69) is 16.0 Å². The smallest absolute Gasteiger partial charge is 0.245 e. The first-order chi connectivity index (χ1) is 28.2. The predicted octanol–water partition coefficient (Wildman–Crippen LogP) is 3.82. The van der Waals surface area contributed by atoms with Crippen molar-refractivity contribution < 1.29 is 33.4 Å². The first-order valence-corrected chi connectivity index (χ1v) is 22.1. The van der Waals surface area contributed by atoms with Crippen molar-refractivity contribution >= 4 is 29.5 Å². The van der Waals surface area contributed by atoms with Crippen LogP contribution in [0.2, 0.25) is 0 Å². The number of likely N-dealkylation sites (N-methyl/N-ethyl adjacent to an activating group) is 3. The van der Waals surface area contributed by atoms with Gasteiger partial charge >= 0.3 is 0 Å². The Morgan fingerprint density at radius 3 is 1.98 bits per heavy atom. The molecule has 0 radical (unpaired) electrons. The highest BCUT2D eigenvalue weighted by Gasteiger charge is 2.43. The molecule has 0 saturated carbocycles. The van der Waals surface area contributed by atoms with Crippen molar-refractivity contribution in [1.29, 1.82) is 0 Å². The minimum Gasteiger partial charge on any atom is -0.379 e. The van der Waals surface area contributed by atoms with E-state index in [1.54, 1.807) is 38.0 Å². The maximum Gasteiger partial charge on any atom is 0.245 e. The van der Waals surface area contributed by atoms with Gasteiger partial charge in [0.25, 0.3) is 0 Å². The van der Waals surface area contributed by atoms with Crippen molar-refractivity contribution in [1.82, 2.24) is 35.6 Å². The first-order valence-electron chi connectivity index (χ1n) is 22.1. The molecule has 60 heavy (non-hydrogen) atoms. The highest BCUT2D eigenvalue weighted by Crippen LogP contribution is 2.30. The fourth-order valence-corrected chi connectivity index (χ4v) is 8.45. The molecule has 1 aliphatic heterocycles. The van der Waals surface area contributed by atoms with Crippen LogP contribution in [0.5, 0.6) is 0 Å². The first kappa shape index (κ1) is 52.5. The highest BCUT2D eigenvalue weighted by atomic mass is 16.5. The predicted molar refractivity (Wildman–Crippen MR) is 238 cm³/mol. The van der Waals surface area contributed by atoms with Crippen molar-refractivity contribution in [2.45, 2.75) is 143 Å². The summed E-state index contributed by atoms with van der Waals surface area (Å²) in [6, 6.07) is 6.86. The van der Waals surface area contributed by atoms with E-state index in [1.807, 2.05) is 117 Å². The van der Waals surface area contributed by atoms with Crippen LogP contribution in [0.4, 0.5) is 0 Å². The zero-order chi connectivity index (χ0) is 45.4. The maximum atomic E-state index is 14.4. The number of carbonyl (C=O) groups excluding carboxylic acids is 5. The third kappa shape index (κ3) is 14.8. The number of ether oxygens (including phenoxy) is 2. The Balaban J connectivity index is 2.31. The van der Waals surface area contributed by atoms with Crippen molar-refractivity contribution in [3.63, 3.8) is 0 Å². The van der Waals surface area contributed by atoms with Gasteiger partial charge in [0.15, 0.2) is 0 Å². The highest BCUT2D eigenvalue weighted by molar-refractivity contribution is 5.91. The van der Waals surface area contributed by atoms with Gasteiger partial charge in [0.05, 0.1) is 42.7 Å². The van der Waals surface area contributed by atoms with Gasteiger partial charge in [0, 0.05) is 53.4 Å². The molecule has 1 aromatic carbocycles. The topological polar surface area (TPSA) is 153 Å². The number of nitrogens with one attached hydrogen (secondary N) is 3. The lowest BCUT2D eigenvalue weighted by molar-refractivity contribution is -0.148. The number of hydrogen-bond donors (Lipinski definition) is 3. The van der Waals surface area contributed by atoms with Crippen molar-refractivity contribution in [3.8, 4) is 0 Å². The number of methoxy groups -OCH3 is 2. The molecule has 1 saturated heterocycles. The van der Waals surface area contributed by atoms with E-state index < -0.39 is 42.3 Å². The Hall–Kier alpha value is -3.59. The van der Waals surface area contributed by atoms with Crippen LogP contribution in [0, 0.1) is 23.7 Å². The fourth-order valence-electron chi connectivity index (χ4n) is 8.45. The second kappa shape index (κ2) is 25.4. The molecule has 3 N–H and O–H groups in total. The van der Waals surface area contributed by atoms with Gasteiger partial charge in [-0.25, -0.2) is 0 Å². The molecule has 2 rings (SSSR count). The summed E-state index contributed by atoms with van der Waals surface area (Å²) in [5.74, 6) is -2.06. The SMILES string of the molecule is CC[C@H](C)C([C@@H](CC(=O)N1CCC[C@H]1[C@H](OC)[C@@H](C)C(=O)N[C@@H](Cc1ccccc1)C(=O)NCCN(C)C)OC)N(C)C(=O)[C@@H](NC(=O)[C@H](C(C)C)N(C)C(C)C)C(C)C. The van der Waals surface area contributed by atoms with Gasteiger partial charge in [-0.2, -0.15) is 0 Å². The molecule has 1 aliphatic rings. The van der Waals surface area contributed by atoms with E-state index in [9.17, 15) is 24.0 Å². The standard InChI is InChI=1S/C46H81N7O7/c1-16-32(8)41(52(13)46(58)39(29(2)3)49-45(57)40(30(4)5)51(12)31(6)7)37(59-14)28-38(54)53-25-20-23-36(53)42(60-15)33(9)43(55)48-35(27-34-21-18-17-19-22-34)44(56)47-24-26-50(10)11/h17-19,21-22,29-33,35-37,39-42H,16,20,23-28H2,1-15H3,(H,47,56)(H,48,55)(H,49,57)/t32-,33+,35-,36-,37+,39-,40-,41?,42+/m0/s1. The van der Waals surface area contributed by atoms with Crippen LogP contribution in [-0.4, -0.2) is 160 Å². The van der Waals surface area contributed by atoms with E-state index in [1.165, 1.54) is 0 Å². The van der Waals surface area contributed by atoms with Crippen LogP contribution in [-0.2, 0) is 39.9 Å². The summed E-state index contributed by atoms with van der Waals surface area (Å²) in [6.45, 7) is 19.4.